The lowest BCUT2D eigenvalue weighted by atomic mass is 10.7. The van der Waals surface area contributed by atoms with Gasteiger partial charge >= 0.3 is 0 Å². The zero-order chi connectivity index (χ0) is 10.8. The number of hydrogen-bond donors (Lipinski definition) is 3. The Kier molecular flexibility index (Phi) is 3.66. The van der Waals surface area contributed by atoms with Gasteiger partial charge in [0, 0.05) is 36.8 Å². The van der Waals surface area contributed by atoms with E-state index in [0.717, 1.165) is 0 Å². The molecule has 0 fully saturated rings. The average Bonchev–Trinajstić information content (AvgIpc) is 3.02. The van der Waals surface area contributed by atoms with Crippen molar-refractivity contribution in [3.05, 3.63) is 55.0 Å². The number of aromatic amines is 3. The van der Waals surface area contributed by atoms with Gasteiger partial charge in [0.1, 0.15) is 0 Å². The van der Waals surface area contributed by atoms with Crippen molar-refractivity contribution >= 4 is 10.9 Å². The van der Waals surface area contributed by atoms with E-state index < -0.39 is 0 Å². The van der Waals surface area contributed by atoms with E-state index in [1.807, 2.05) is 36.8 Å². The maximum atomic E-state index is 3.29. The van der Waals surface area contributed by atoms with E-state index in [2.05, 4.69) is 33.2 Å². The van der Waals surface area contributed by atoms with Gasteiger partial charge in [-0.25, -0.2) is 0 Å². The fraction of sp³-hybridized carbons (Fsp3) is 0. The molecule has 0 aliphatic rings. The summed E-state index contributed by atoms with van der Waals surface area (Å²) < 4.78 is 0. The molecule has 0 aromatic carbocycles. The molecule has 0 spiro atoms. The van der Waals surface area contributed by atoms with Crippen LogP contribution in [0.4, 0.5) is 0 Å². The quantitative estimate of drug-likeness (QED) is 0.548. The lowest BCUT2D eigenvalue weighted by Crippen LogP contribution is -3.00. The summed E-state index contributed by atoms with van der Waals surface area (Å²) in [6.45, 7) is 0. The fourth-order valence-corrected chi connectivity index (χ4v) is 3.59. The van der Waals surface area contributed by atoms with Crippen molar-refractivity contribution in [2.45, 2.75) is 15.1 Å². The van der Waals surface area contributed by atoms with E-state index in [1.165, 1.54) is 15.1 Å². The second-order valence-electron chi connectivity index (χ2n) is 3.41. The van der Waals surface area contributed by atoms with Crippen molar-refractivity contribution in [3.63, 3.8) is 0 Å². The molecule has 17 heavy (non-hydrogen) atoms. The van der Waals surface area contributed by atoms with E-state index in [-0.39, 0.29) is 23.3 Å². The van der Waals surface area contributed by atoms with Gasteiger partial charge in [-0.3, -0.25) is 0 Å². The molecule has 0 aliphatic heterocycles. The standard InChI is InChI=1S/C12H12N3S.ClH/c1-4-10(13-7-1)16(11-5-2-8-14-11)12-6-3-9-15-12;/h1-9,13-15H;1H/q+1;/p-1. The van der Waals surface area contributed by atoms with Crippen LogP contribution in [0.5, 0.6) is 0 Å². The van der Waals surface area contributed by atoms with Crippen LogP contribution in [0.1, 0.15) is 0 Å². The highest BCUT2D eigenvalue weighted by Gasteiger charge is 2.31. The highest BCUT2D eigenvalue weighted by atomic mass is 35.5. The van der Waals surface area contributed by atoms with E-state index in [0.29, 0.717) is 0 Å². The van der Waals surface area contributed by atoms with Crippen molar-refractivity contribution in [1.82, 2.24) is 15.0 Å². The van der Waals surface area contributed by atoms with E-state index in [1.54, 1.807) is 0 Å². The smallest absolute Gasteiger partial charge is 0.239 e. The molecule has 3 rings (SSSR count). The van der Waals surface area contributed by atoms with Crippen LogP contribution in [-0.4, -0.2) is 15.0 Å². The predicted molar refractivity (Wildman–Crippen MR) is 64.5 cm³/mol. The lowest BCUT2D eigenvalue weighted by molar-refractivity contribution is -0.00000332. The molecule has 88 valence electrons. The monoisotopic (exact) mass is 265 g/mol. The molecular weight excluding hydrogens is 254 g/mol. The largest absolute Gasteiger partial charge is 1.00 e. The summed E-state index contributed by atoms with van der Waals surface area (Å²) in [5, 5.41) is 3.64. The Morgan fingerprint density at radius 1 is 0.647 bits per heavy atom. The van der Waals surface area contributed by atoms with Gasteiger partial charge in [-0.15, -0.1) is 0 Å². The van der Waals surface area contributed by atoms with Gasteiger partial charge in [-0.2, -0.15) is 0 Å². The minimum absolute atomic E-state index is 0. The molecule has 0 radical (unpaired) electrons. The van der Waals surface area contributed by atoms with Gasteiger partial charge in [-0.1, -0.05) is 0 Å². The molecule has 0 saturated heterocycles. The topological polar surface area (TPSA) is 47.4 Å². The average molecular weight is 266 g/mol. The normalized spacial score (nSPS) is 10.4. The second kappa shape index (κ2) is 5.21. The SMILES string of the molecule is [Cl-].c1c[nH]c([S+](c2ccc[nH]2)c2ccc[nH]2)c1. The van der Waals surface area contributed by atoms with Gasteiger partial charge in [0.15, 0.2) is 10.9 Å². The molecular formula is C12H12ClN3S. The van der Waals surface area contributed by atoms with E-state index in [9.17, 15) is 0 Å². The van der Waals surface area contributed by atoms with Crippen LogP contribution in [0, 0.1) is 0 Å². The first kappa shape index (κ1) is 12.0. The van der Waals surface area contributed by atoms with Crippen molar-refractivity contribution in [1.29, 1.82) is 0 Å². The third kappa shape index (κ3) is 2.28. The van der Waals surface area contributed by atoms with Crippen LogP contribution in [-0.2, 0) is 10.9 Å². The number of aromatic nitrogens is 3. The molecule has 0 bridgehead atoms. The summed E-state index contributed by atoms with van der Waals surface area (Å²) in [7, 11) is -0.0880. The predicted octanol–water partition coefficient (Wildman–Crippen LogP) is -0.230. The van der Waals surface area contributed by atoms with Crippen LogP contribution in [0.25, 0.3) is 0 Å². The fourth-order valence-electron chi connectivity index (χ4n) is 1.68. The summed E-state index contributed by atoms with van der Waals surface area (Å²) in [5.74, 6) is 0. The van der Waals surface area contributed by atoms with Crippen LogP contribution in [0.2, 0.25) is 0 Å². The van der Waals surface area contributed by atoms with Gasteiger partial charge in [0.2, 0.25) is 15.1 Å². The molecule has 3 aromatic rings. The van der Waals surface area contributed by atoms with E-state index >= 15 is 0 Å². The van der Waals surface area contributed by atoms with Crippen molar-refractivity contribution in [2.24, 2.45) is 0 Å². The molecule has 3 aromatic heterocycles. The molecule has 0 unspecified atom stereocenters. The Hall–Kier alpha value is -1.52. The van der Waals surface area contributed by atoms with Crippen molar-refractivity contribution < 1.29 is 12.4 Å². The van der Waals surface area contributed by atoms with Gasteiger partial charge in [-0.05, 0) is 18.2 Å². The third-order valence-electron chi connectivity index (χ3n) is 2.37. The summed E-state index contributed by atoms with van der Waals surface area (Å²) >= 11 is 0. The van der Waals surface area contributed by atoms with Gasteiger partial charge < -0.3 is 27.4 Å². The summed E-state index contributed by atoms with van der Waals surface area (Å²) in [5.41, 5.74) is 0. The van der Waals surface area contributed by atoms with Gasteiger partial charge in [0.05, 0.1) is 0 Å². The molecule has 0 aliphatic carbocycles. The number of H-pyrrole nitrogens is 3. The third-order valence-corrected chi connectivity index (χ3v) is 4.45. The molecule has 3 heterocycles. The molecule has 3 N–H and O–H groups in total. The van der Waals surface area contributed by atoms with Crippen molar-refractivity contribution in [2.75, 3.05) is 0 Å². The number of halogens is 1. The van der Waals surface area contributed by atoms with Crippen LogP contribution >= 0.6 is 0 Å². The van der Waals surface area contributed by atoms with Crippen LogP contribution < -0.4 is 12.4 Å². The van der Waals surface area contributed by atoms with Crippen molar-refractivity contribution in [3.8, 4) is 0 Å². The Bertz CT molecular complexity index is 447. The minimum atomic E-state index is -0.0880. The van der Waals surface area contributed by atoms with E-state index in [4.69, 9.17) is 0 Å². The minimum Gasteiger partial charge on any atom is -1.00 e. The molecule has 5 heteroatoms. The van der Waals surface area contributed by atoms with Crippen LogP contribution in [0.3, 0.4) is 0 Å². The first-order valence-corrected chi connectivity index (χ1v) is 6.32. The number of hydrogen-bond acceptors (Lipinski definition) is 0. The first-order chi connectivity index (χ1) is 7.95. The zero-order valence-electron chi connectivity index (χ0n) is 8.98. The summed E-state index contributed by atoms with van der Waals surface area (Å²) in [4.78, 5) is 9.86. The molecule has 3 nitrogen and oxygen atoms in total. The molecule has 0 atom stereocenters. The first-order valence-electron chi connectivity index (χ1n) is 5.09. The Morgan fingerprint density at radius 2 is 1.00 bits per heavy atom. The summed E-state index contributed by atoms with van der Waals surface area (Å²) in [6, 6.07) is 12.4. The highest BCUT2D eigenvalue weighted by molar-refractivity contribution is 7.96. The molecule has 0 saturated carbocycles. The maximum absolute atomic E-state index is 3.29. The maximum Gasteiger partial charge on any atom is 0.239 e. The summed E-state index contributed by atoms with van der Waals surface area (Å²) in [6.07, 6.45) is 5.88. The second-order valence-corrected chi connectivity index (χ2v) is 5.34. The lowest BCUT2D eigenvalue weighted by Gasteiger charge is -2.00. The number of nitrogens with one attached hydrogen (secondary N) is 3. The Labute approximate surface area is 108 Å². The Morgan fingerprint density at radius 3 is 1.24 bits per heavy atom. The Balaban J connectivity index is 0.00000108. The van der Waals surface area contributed by atoms with Gasteiger partial charge in [0.25, 0.3) is 0 Å². The zero-order valence-corrected chi connectivity index (χ0v) is 10.6. The highest BCUT2D eigenvalue weighted by Crippen LogP contribution is 2.27. The molecule has 0 amide bonds. The van der Waals surface area contributed by atoms with Crippen LogP contribution in [0.15, 0.2) is 70.1 Å². The number of rotatable bonds is 3.